The maximum Gasteiger partial charge on any atom is 0.270 e. The van der Waals surface area contributed by atoms with Crippen LogP contribution in [0.15, 0.2) is 89.1 Å². The van der Waals surface area contributed by atoms with E-state index in [-0.39, 0.29) is 29.2 Å². The highest BCUT2D eigenvalue weighted by molar-refractivity contribution is 5.81. The molecular formula is C23H18N10O4. The summed E-state index contributed by atoms with van der Waals surface area (Å²) in [5.41, 5.74) is 6.93. The number of nitro groups is 2. The number of para-hydroxylation sites is 1. The fraction of sp³-hybridized carbons (Fsp3) is 0. The van der Waals surface area contributed by atoms with Crippen LogP contribution >= 0.6 is 0 Å². The smallest absolute Gasteiger partial charge is 0.270 e. The van der Waals surface area contributed by atoms with Gasteiger partial charge in [-0.3, -0.25) is 20.2 Å². The van der Waals surface area contributed by atoms with Crippen molar-refractivity contribution in [2.75, 3.05) is 16.2 Å². The van der Waals surface area contributed by atoms with Gasteiger partial charge in [0.15, 0.2) is 0 Å². The Kier molecular flexibility index (Phi) is 7.61. The molecule has 0 aliphatic heterocycles. The Balaban J connectivity index is 1.53. The number of anilines is 4. The van der Waals surface area contributed by atoms with E-state index in [9.17, 15) is 20.2 Å². The van der Waals surface area contributed by atoms with Crippen LogP contribution in [0.5, 0.6) is 0 Å². The molecule has 0 fully saturated rings. The van der Waals surface area contributed by atoms with Crippen LogP contribution in [0.3, 0.4) is 0 Å². The van der Waals surface area contributed by atoms with Crippen molar-refractivity contribution in [2.45, 2.75) is 0 Å². The summed E-state index contributed by atoms with van der Waals surface area (Å²) in [4.78, 5) is 33.7. The molecule has 0 saturated carbocycles. The van der Waals surface area contributed by atoms with Crippen molar-refractivity contribution < 1.29 is 9.85 Å². The van der Waals surface area contributed by atoms with Gasteiger partial charge in [0.25, 0.3) is 11.4 Å². The Morgan fingerprint density at radius 3 is 1.62 bits per heavy atom. The number of rotatable bonds is 10. The summed E-state index contributed by atoms with van der Waals surface area (Å²) in [6.07, 6.45) is 2.77. The average molecular weight is 498 g/mol. The lowest BCUT2D eigenvalue weighted by atomic mass is 10.2. The Morgan fingerprint density at radius 1 is 0.649 bits per heavy atom. The fourth-order valence-corrected chi connectivity index (χ4v) is 2.95. The van der Waals surface area contributed by atoms with E-state index in [0.717, 1.165) is 5.69 Å². The summed E-state index contributed by atoms with van der Waals surface area (Å²) in [5, 5.41) is 33.1. The molecule has 37 heavy (non-hydrogen) atoms. The van der Waals surface area contributed by atoms with Gasteiger partial charge in [0.1, 0.15) is 0 Å². The number of hydrazone groups is 2. The number of benzene rings is 3. The molecule has 0 spiro atoms. The van der Waals surface area contributed by atoms with Gasteiger partial charge in [0.2, 0.25) is 17.8 Å². The van der Waals surface area contributed by atoms with Crippen LogP contribution < -0.4 is 16.2 Å². The van der Waals surface area contributed by atoms with E-state index >= 15 is 0 Å². The lowest BCUT2D eigenvalue weighted by Gasteiger charge is -2.08. The fourth-order valence-electron chi connectivity index (χ4n) is 2.95. The van der Waals surface area contributed by atoms with Gasteiger partial charge in [-0.2, -0.15) is 25.2 Å². The first-order chi connectivity index (χ1) is 18.0. The predicted molar refractivity (Wildman–Crippen MR) is 138 cm³/mol. The number of nitrogens with one attached hydrogen (secondary N) is 3. The van der Waals surface area contributed by atoms with Crippen molar-refractivity contribution in [3.8, 4) is 0 Å². The molecule has 3 aromatic carbocycles. The number of hydrogen-bond donors (Lipinski definition) is 3. The summed E-state index contributed by atoms with van der Waals surface area (Å²) < 4.78 is 0. The predicted octanol–water partition coefficient (Wildman–Crippen LogP) is 4.32. The monoisotopic (exact) mass is 498 g/mol. The molecule has 0 unspecified atom stereocenters. The van der Waals surface area contributed by atoms with Crippen LogP contribution in [0.4, 0.5) is 34.9 Å². The Morgan fingerprint density at radius 2 is 1.14 bits per heavy atom. The second-order valence-corrected chi connectivity index (χ2v) is 7.24. The van der Waals surface area contributed by atoms with Crippen LogP contribution in [0.25, 0.3) is 0 Å². The van der Waals surface area contributed by atoms with Crippen molar-refractivity contribution in [3.05, 3.63) is 110 Å². The zero-order valence-electron chi connectivity index (χ0n) is 18.9. The second kappa shape index (κ2) is 11.6. The van der Waals surface area contributed by atoms with Crippen molar-refractivity contribution in [3.63, 3.8) is 0 Å². The van der Waals surface area contributed by atoms with Crippen LogP contribution in [0.1, 0.15) is 11.1 Å². The van der Waals surface area contributed by atoms with Gasteiger partial charge in [-0.15, -0.1) is 0 Å². The largest absolute Gasteiger partial charge is 0.324 e. The molecule has 0 radical (unpaired) electrons. The van der Waals surface area contributed by atoms with E-state index in [4.69, 9.17) is 0 Å². The Hall–Kier alpha value is -5.79. The summed E-state index contributed by atoms with van der Waals surface area (Å²) in [6, 6.07) is 21.1. The van der Waals surface area contributed by atoms with E-state index in [2.05, 4.69) is 41.3 Å². The summed E-state index contributed by atoms with van der Waals surface area (Å²) in [7, 11) is 0. The highest BCUT2D eigenvalue weighted by atomic mass is 16.6. The lowest BCUT2D eigenvalue weighted by molar-refractivity contribution is -0.385. The van der Waals surface area contributed by atoms with Gasteiger partial charge in [-0.25, -0.2) is 10.9 Å². The normalized spacial score (nSPS) is 10.9. The molecule has 1 heterocycles. The van der Waals surface area contributed by atoms with Gasteiger partial charge in [-0.1, -0.05) is 42.5 Å². The molecule has 14 nitrogen and oxygen atoms in total. The first-order valence-electron chi connectivity index (χ1n) is 10.6. The maximum absolute atomic E-state index is 11.0. The minimum atomic E-state index is -0.496. The minimum Gasteiger partial charge on any atom is -0.324 e. The van der Waals surface area contributed by atoms with Crippen molar-refractivity contribution in [1.29, 1.82) is 0 Å². The van der Waals surface area contributed by atoms with Gasteiger partial charge >= 0.3 is 0 Å². The molecule has 0 bridgehead atoms. The van der Waals surface area contributed by atoms with Crippen LogP contribution in [-0.4, -0.2) is 37.2 Å². The molecule has 3 N–H and O–H groups in total. The van der Waals surface area contributed by atoms with Crippen molar-refractivity contribution >= 4 is 47.3 Å². The van der Waals surface area contributed by atoms with Crippen molar-refractivity contribution in [1.82, 2.24) is 15.0 Å². The van der Waals surface area contributed by atoms with E-state index < -0.39 is 9.85 Å². The number of non-ortho nitro benzene ring substituents is 2. The second-order valence-electron chi connectivity index (χ2n) is 7.24. The van der Waals surface area contributed by atoms with Gasteiger partial charge in [0.05, 0.1) is 22.3 Å². The first-order valence-corrected chi connectivity index (χ1v) is 10.6. The summed E-state index contributed by atoms with van der Waals surface area (Å²) in [5.74, 6) is 0.300. The highest BCUT2D eigenvalue weighted by Gasteiger charge is 2.08. The van der Waals surface area contributed by atoms with Crippen LogP contribution in [0.2, 0.25) is 0 Å². The molecule has 14 heteroatoms. The third kappa shape index (κ3) is 7.10. The zero-order valence-corrected chi connectivity index (χ0v) is 18.9. The van der Waals surface area contributed by atoms with Gasteiger partial charge in [-0.05, 0) is 12.1 Å². The SMILES string of the molecule is O=[N+]([O-])c1cccc(C=NNc2nc(NN=Cc3cccc([N+](=O)[O-])c3)nc(Nc3ccccc3)n2)c1. The van der Waals surface area contributed by atoms with E-state index in [1.807, 2.05) is 30.3 Å². The Labute approximate surface area is 209 Å². The van der Waals surface area contributed by atoms with E-state index in [0.29, 0.717) is 11.1 Å². The van der Waals surface area contributed by atoms with Crippen LogP contribution in [-0.2, 0) is 0 Å². The number of aromatic nitrogens is 3. The lowest BCUT2D eigenvalue weighted by Crippen LogP contribution is -2.07. The average Bonchev–Trinajstić information content (AvgIpc) is 2.89. The Bertz CT molecular complexity index is 1390. The van der Waals surface area contributed by atoms with Gasteiger partial charge in [0, 0.05) is 41.1 Å². The van der Waals surface area contributed by atoms with E-state index in [1.165, 1.54) is 36.7 Å². The van der Waals surface area contributed by atoms with Gasteiger partial charge < -0.3 is 5.32 Å². The molecule has 1 aromatic heterocycles. The molecule has 4 aromatic rings. The molecule has 0 aliphatic rings. The molecule has 0 amide bonds. The molecular weight excluding hydrogens is 480 g/mol. The molecule has 0 saturated heterocycles. The quantitative estimate of drug-likeness (QED) is 0.161. The summed E-state index contributed by atoms with van der Waals surface area (Å²) >= 11 is 0. The minimum absolute atomic E-state index is 0.0585. The number of nitro benzene ring substituents is 2. The standard InChI is InChI=1S/C23H18N10O4/c34-32(35)19-10-4-6-16(12-19)14-24-30-22-27-21(26-18-8-2-1-3-9-18)28-23(29-22)31-25-15-17-7-5-11-20(13-17)33(36)37/h1-15H,(H3,26,27,28,29,30,31). The number of nitrogens with zero attached hydrogens (tertiary/aromatic N) is 7. The zero-order chi connectivity index (χ0) is 26.0. The number of hydrogen-bond acceptors (Lipinski definition) is 12. The third-order valence-corrected chi connectivity index (χ3v) is 4.58. The topological polar surface area (TPSA) is 186 Å². The first kappa shape index (κ1) is 24.3. The highest BCUT2D eigenvalue weighted by Crippen LogP contribution is 2.16. The third-order valence-electron chi connectivity index (χ3n) is 4.58. The molecule has 184 valence electrons. The summed E-state index contributed by atoms with van der Waals surface area (Å²) in [6.45, 7) is 0. The molecule has 0 aliphatic carbocycles. The van der Waals surface area contributed by atoms with E-state index in [1.54, 1.807) is 24.3 Å². The maximum atomic E-state index is 11.0. The van der Waals surface area contributed by atoms with Crippen LogP contribution in [0, 0.1) is 20.2 Å². The molecule has 0 atom stereocenters. The van der Waals surface area contributed by atoms with Crippen molar-refractivity contribution in [2.24, 2.45) is 10.2 Å². The molecule has 4 rings (SSSR count).